The van der Waals surface area contributed by atoms with Gasteiger partial charge >= 0.3 is 5.97 Å². The number of pyridine rings is 1. The molecule has 1 saturated carbocycles. The summed E-state index contributed by atoms with van der Waals surface area (Å²) in [6.07, 6.45) is 3.13. The van der Waals surface area contributed by atoms with Gasteiger partial charge in [0.05, 0.1) is 7.11 Å². The molecule has 0 spiro atoms. The molecule has 0 aromatic carbocycles. The molecule has 1 aromatic heterocycles. The molecule has 1 atom stereocenters. The highest BCUT2D eigenvalue weighted by molar-refractivity contribution is 5.99. The SMILES string of the molecule is COc1ncccc1C(=O)N[C@@](C)(C(=O)O)C1CC1. The van der Waals surface area contributed by atoms with E-state index in [0.29, 0.717) is 0 Å². The lowest BCUT2D eigenvalue weighted by Gasteiger charge is -2.26. The molecule has 1 aliphatic rings. The second kappa shape index (κ2) is 4.87. The highest BCUT2D eigenvalue weighted by Crippen LogP contribution is 2.40. The molecule has 2 N–H and O–H groups in total. The van der Waals surface area contributed by atoms with Crippen LogP contribution in [-0.4, -0.2) is 34.6 Å². The van der Waals surface area contributed by atoms with E-state index in [-0.39, 0.29) is 17.4 Å². The summed E-state index contributed by atoms with van der Waals surface area (Å²) < 4.78 is 5.00. The van der Waals surface area contributed by atoms with E-state index >= 15 is 0 Å². The predicted molar refractivity (Wildman–Crippen MR) is 67.0 cm³/mol. The zero-order chi connectivity index (χ0) is 14.0. The number of hydrogen-bond acceptors (Lipinski definition) is 4. The normalized spacial score (nSPS) is 17.4. The quantitative estimate of drug-likeness (QED) is 0.830. The van der Waals surface area contributed by atoms with Gasteiger partial charge in [-0.1, -0.05) is 0 Å². The van der Waals surface area contributed by atoms with Gasteiger partial charge in [0, 0.05) is 6.20 Å². The Labute approximate surface area is 110 Å². The lowest BCUT2D eigenvalue weighted by molar-refractivity contribution is -0.144. The number of carboxylic acids is 1. The summed E-state index contributed by atoms with van der Waals surface area (Å²) >= 11 is 0. The van der Waals surface area contributed by atoms with Crippen LogP contribution in [0.2, 0.25) is 0 Å². The van der Waals surface area contributed by atoms with E-state index in [1.165, 1.54) is 20.2 Å². The standard InChI is InChI=1S/C13H16N2O4/c1-13(12(17)18,8-5-6-8)15-10(16)9-4-3-7-14-11(9)19-2/h3-4,7-8H,5-6H2,1-2H3,(H,15,16)(H,17,18)/t13-/m1/s1. The lowest BCUT2D eigenvalue weighted by Crippen LogP contribution is -2.54. The number of ether oxygens (including phenoxy) is 1. The van der Waals surface area contributed by atoms with Crippen LogP contribution in [0.1, 0.15) is 30.1 Å². The van der Waals surface area contributed by atoms with E-state index in [1.807, 2.05) is 0 Å². The summed E-state index contributed by atoms with van der Waals surface area (Å²) in [6.45, 7) is 1.54. The second-order valence-corrected chi connectivity index (χ2v) is 4.80. The summed E-state index contributed by atoms with van der Waals surface area (Å²) in [5, 5.41) is 11.9. The lowest BCUT2D eigenvalue weighted by atomic mass is 9.95. The zero-order valence-corrected chi connectivity index (χ0v) is 10.8. The number of methoxy groups -OCH3 is 1. The molecule has 6 heteroatoms. The second-order valence-electron chi connectivity index (χ2n) is 4.80. The molecule has 1 fully saturated rings. The van der Waals surface area contributed by atoms with E-state index in [2.05, 4.69) is 10.3 Å². The van der Waals surface area contributed by atoms with Crippen LogP contribution in [0.3, 0.4) is 0 Å². The first-order chi connectivity index (χ1) is 8.99. The number of aliphatic carboxylic acids is 1. The molecular weight excluding hydrogens is 248 g/mol. The van der Waals surface area contributed by atoms with E-state index in [1.54, 1.807) is 12.1 Å². The van der Waals surface area contributed by atoms with Crippen molar-refractivity contribution in [1.82, 2.24) is 10.3 Å². The van der Waals surface area contributed by atoms with Crippen molar-refractivity contribution >= 4 is 11.9 Å². The number of rotatable bonds is 5. The Morgan fingerprint density at radius 1 is 1.53 bits per heavy atom. The van der Waals surface area contributed by atoms with Crippen molar-refractivity contribution in [3.05, 3.63) is 23.9 Å². The Morgan fingerprint density at radius 3 is 2.74 bits per heavy atom. The fraction of sp³-hybridized carbons (Fsp3) is 0.462. The molecule has 1 aromatic rings. The van der Waals surface area contributed by atoms with Crippen LogP contribution in [0.4, 0.5) is 0 Å². The first-order valence-corrected chi connectivity index (χ1v) is 6.04. The van der Waals surface area contributed by atoms with Crippen LogP contribution in [-0.2, 0) is 4.79 Å². The maximum atomic E-state index is 12.2. The van der Waals surface area contributed by atoms with Crippen LogP contribution >= 0.6 is 0 Å². The number of amides is 1. The molecule has 102 valence electrons. The first-order valence-electron chi connectivity index (χ1n) is 6.04. The van der Waals surface area contributed by atoms with Crippen LogP contribution in [0.5, 0.6) is 5.88 Å². The Kier molecular flexibility index (Phi) is 3.42. The van der Waals surface area contributed by atoms with Gasteiger partial charge in [0.1, 0.15) is 11.1 Å². The third kappa shape index (κ3) is 2.52. The molecule has 0 saturated heterocycles. The average molecular weight is 264 g/mol. The highest BCUT2D eigenvalue weighted by Gasteiger charge is 2.48. The maximum Gasteiger partial charge on any atom is 0.329 e. The fourth-order valence-electron chi connectivity index (χ4n) is 2.02. The number of aromatic nitrogens is 1. The van der Waals surface area contributed by atoms with Crippen molar-refractivity contribution in [3.63, 3.8) is 0 Å². The van der Waals surface area contributed by atoms with E-state index < -0.39 is 17.4 Å². The number of nitrogens with zero attached hydrogens (tertiary/aromatic N) is 1. The zero-order valence-electron chi connectivity index (χ0n) is 10.8. The van der Waals surface area contributed by atoms with Gasteiger partial charge in [-0.2, -0.15) is 0 Å². The van der Waals surface area contributed by atoms with E-state index in [9.17, 15) is 14.7 Å². The van der Waals surface area contributed by atoms with Crippen molar-refractivity contribution in [2.24, 2.45) is 5.92 Å². The summed E-state index contributed by atoms with van der Waals surface area (Å²) in [5.41, 5.74) is -1.00. The smallest absolute Gasteiger partial charge is 0.329 e. The van der Waals surface area contributed by atoms with E-state index in [0.717, 1.165) is 12.8 Å². The van der Waals surface area contributed by atoms with Crippen molar-refractivity contribution < 1.29 is 19.4 Å². The number of carboxylic acid groups (broad SMARTS) is 1. The van der Waals surface area contributed by atoms with Gasteiger partial charge < -0.3 is 15.2 Å². The molecule has 0 radical (unpaired) electrons. The van der Waals surface area contributed by atoms with Gasteiger partial charge in [0.15, 0.2) is 0 Å². The molecule has 19 heavy (non-hydrogen) atoms. The molecule has 2 rings (SSSR count). The number of nitrogens with one attached hydrogen (secondary N) is 1. The Morgan fingerprint density at radius 2 is 2.21 bits per heavy atom. The maximum absolute atomic E-state index is 12.2. The predicted octanol–water partition coefficient (Wildman–Crippen LogP) is 1.07. The molecular formula is C13H16N2O4. The minimum atomic E-state index is -1.24. The average Bonchev–Trinajstić information content (AvgIpc) is 3.22. The Hall–Kier alpha value is -2.11. The Bertz CT molecular complexity index is 513. The van der Waals surface area contributed by atoms with Crippen LogP contribution < -0.4 is 10.1 Å². The van der Waals surface area contributed by atoms with Gasteiger partial charge in [0.25, 0.3) is 5.91 Å². The van der Waals surface area contributed by atoms with Gasteiger partial charge in [-0.15, -0.1) is 0 Å². The van der Waals surface area contributed by atoms with Crippen molar-refractivity contribution in [3.8, 4) is 5.88 Å². The minimum absolute atomic E-state index is 0.0170. The van der Waals surface area contributed by atoms with Crippen molar-refractivity contribution in [1.29, 1.82) is 0 Å². The summed E-state index contributed by atoms with van der Waals surface area (Å²) in [4.78, 5) is 27.5. The third-order valence-electron chi connectivity index (χ3n) is 3.42. The largest absolute Gasteiger partial charge is 0.480 e. The van der Waals surface area contributed by atoms with Crippen molar-refractivity contribution in [2.75, 3.05) is 7.11 Å². The molecule has 0 bridgehead atoms. The van der Waals surface area contributed by atoms with Gasteiger partial charge in [-0.25, -0.2) is 9.78 Å². The van der Waals surface area contributed by atoms with Gasteiger partial charge in [-0.3, -0.25) is 4.79 Å². The van der Waals surface area contributed by atoms with E-state index in [4.69, 9.17) is 4.74 Å². The van der Waals surface area contributed by atoms with Gasteiger partial charge in [-0.05, 0) is 37.8 Å². The highest BCUT2D eigenvalue weighted by atomic mass is 16.5. The minimum Gasteiger partial charge on any atom is -0.480 e. The third-order valence-corrected chi connectivity index (χ3v) is 3.42. The monoisotopic (exact) mass is 264 g/mol. The number of carbonyl (C=O) groups is 2. The fourth-order valence-corrected chi connectivity index (χ4v) is 2.02. The molecule has 0 unspecified atom stereocenters. The number of hydrogen-bond donors (Lipinski definition) is 2. The van der Waals surface area contributed by atoms with Crippen LogP contribution in [0.25, 0.3) is 0 Å². The molecule has 1 amide bonds. The molecule has 1 aliphatic carbocycles. The topological polar surface area (TPSA) is 88.5 Å². The first kappa shape index (κ1) is 13.3. The van der Waals surface area contributed by atoms with Crippen LogP contribution in [0.15, 0.2) is 18.3 Å². The Balaban J connectivity index is 2.22. The summed E-state index contributed by atoms with van der Waals surface area (Å²) in [5.74, 6) is -1.34. The van der Waals surface area contributed by atoms with Crippen LogP contribution in [0, 0.1) is 5.92 Å². The molecule has 0 aliphatic heterocycles. The molecule has 1 heterocycles. The van der Waals surface area contributed by atoms with Gasteiger partial charge in [0.2, 0.25) is 5.88 Å². The summed E-state index contributed by atoms with van der Waals surface area (Å²) in [7, 11) is 1.41. The number of carbonyl (C=O) groups excluding carboxylic acids is 1. The van der Waals surface area contributed by atoms with Crippen molar-refractivity contribution in [2.45, 2.75) is 25.3 Å². The summed E-state index contributed by atoms with van der Waals surface area (Å²) in [6, 6.07) is 3.16. The molecule has 6 nitrogen and oxygen atoms in total.